The Morgan fingerprint density at radius 2 is 2.26 bits per heavy atom. The van der Waals surface area contributed by atoms with Crippen LogP contribution >= 0.6 is 0 Å². The monoisotopic (exact) mass is 317 g/mol. The molecule has 1 aliphatic rings. The Morgan fingerprint density at radius 1 is 1.48 bits per heavy atom. The number of aromatic nitrogens is 3. The molecule has 2 aromatic rings. The molecule has 1 saturated carbocycles. The van der Waals surface area contributed by atoms with Crippen LogP contribution in [-0.2, 0) is 7.05 Å². The van der Waals surface area contributed by atoms with Crippen molar-refractivity contribution >= 4 is 5.91 Å². The van der Waals surface area contributed by atoms with Crippen LogP contribution in [0.4, 0.5) is 0 Å². The van der Waals surface area contributed by atoms with E-state index in [0.29, 0.717) is 29.8 Å². The highest BCUT2D eigenvalue weighted by molar-refractivity contribution is 5.93. The molecule has 0 spiro atoms. The Morgan fingerprint density at radius 3 is 2.96 bits per heavy atom. The number of nitrogens with one attached hydrogen (secondary N) is 1. The fourth-order valence-corrected chi connectivity index (χ4v) is 3.18. The van der Waals surface area contributed by atoms with Crippen LogP contribution in [0.2, 0.25) is 0 Å². The van der Waals surface area contributed by atoms with E-state index in [1.54, 1.807) is 24.0 Å². The number of hydrogen-bond acceptors (Lipinski definition) is 5. The van der Waals surface area contributed by atoms with Gasteiger partial charge in [0.05, 0.1) is 11.8 Å². The van der Waals surface area contributed by atoms with Gasteiger partial charge in [0.1, 0.15) is 5.76 Å². The summed E-state index contributed by atoms with van der Waals surface area (Å²) in [5.41, 5.74) is 6.92. The van der Waals surface area contributed by atoms with Gasteiger partial charge < -0.3 is 15.5 Å². The molecule has 0 aliphatic heterocycles. The summed E-state index contributed by atoms with van der Waals surface area (Å²) >= 11 is 0. The zero-order chi connectivity index (χ0) is 16.4. The Labute approximate surface area is 135 Å². The van der Waals surface area contributed by atoms with Gasteiger partial charge in [-0.3, -0.25) is 9.48 Å². The van der Waals surface area contributed by atoms with Crippen LogP contribution in [0.1, 0.15) is 41.9 Å². The minimum atomic E-state index is -0.188. The van der Waals surface area contributed by atoms with Crippen LogP contribution in [0.3, 0.4) is 0 Å². The summed E-state index contributed by atoms with van der Waals surface area (Å²) in [6.07, 6.45) is 7.82. The van der Waals surface area contributed by atoms with Crippen molar-refractivity contribution in [2.75, 3.05) is 6.54 Å². The highest BCUT2D eigenvalue weighted by Crippen LogP contribution is 2.25. The molecule has 2 atom stereocenters. The number of hydrogen-bond donors (Lipinski definition) is 2. The third-order valence-electron chi connectivity index (χ3n) is 4.49. The van der Waals surface area contributed by atoms with Crippen LogP contribution in [0, 0.1) is 12.8 Å². The van der Waals surface area contributed by atoms with Gasteiger partial charge in [0, 0.05) is 19.3 Å². The lowest BCUT2D eigenvalue weighted by molar-refractivity contribution is 0.0902. The van der Waals surface area contributed by atoms with Crippen LogP contribution in [-0.4, -0.2) is 33.3 Å². The van der Waals surface area contributed by atoms with Crippen molar-refractivity contribution in [1.29, 1.82) is 0 Å². The minimum absolute atomic E-state index is 0.124. The van der Waals surface area contributed by atoms with E-state index in [0.717, 1.165) is 24.8 Å². The number of aryl methyl sites for hydroxylation is 2. The molecule has 3 rings (SSSR count). The number of carbonyl (C=O) groups excluding carboxylic acids is 1. The lowest BCUT2D eigenvalue weighted by Crippen LogP contribution is -2.45. The second kappa shape index (κ2) is 6.54. The smallest absolute Gasteiger partial charge is 0.273 e. The molecule has 0 radical (unpaired) electrons. The molecule has 124 valence electrons. The fraction of sp³-hybridized carbons (Fsp3) is 0.562. The predicted molar refractivity (Wildman–Crippen MR) is 85.7 cm³/mol. The lowest BCUT2D eigenvalue weighted by atomic mass is 9.84. The average Bonchev–Trinajstić information content (AvgIpc) is 3.13. The second-order valence-electron chi connectivity index (χ2n) is 6.19. The Balaban J connectivity index is 1.76. The van der Waals surface area contributed by atoms with Crippen LogP contribution in [0.25, 0.3) is 11.5 Å². The Bertz CT molecular complexity index is 690. The van der Waals surface area contributed by atoms with Crippen molar-refractivity contribution < 1.29 is 9.21 Å². The van der Waals surface area contributed by atoms with Gasteiger partial charge in [-0.25, -0.2) is 4.98 Å². The third-order valence-corrected chi connectivity index (χ3v) is 4.49. The van der Waals surface area contributed by atoms with Gasteiger partial charge in [-0.15, -0.1) is 0 Å². The maximum atomic E-state index is 12.5. The number of nitrogens with two attached hydrogens (primary N) is 1. The molecule has 0 saturated heterocycles. The van der Waals surface area contributed by atoms with E-state index in [9.17, 15) is 4.79 Å². The van der Waals surface area contributed by atoms with Crippen LogP contribution in [0.15, 0.2) is 16.8 Å². The van der Waals surface area contributed by atoms with Gasteiger partial charge in [0.2, 0.25) is 5.89 Å². The van der Waals surface area contributed by atoms with Gasteiger partial charge in [0.25, 0.3) is 5.91 Å². The molecule has 7 nitrogen and oxygen atoms in total. The molecule has 2 unspecified atom stereocenters. The highest BCUT2D eigenvalue weighted by Gasteiger charge is 2.27. The molecule has 23 heavy (non-hydrogen) atoms. The van der Waals surface area contributed by atoms with E-state index < -0.39 is 0 Å². The summed E-state index contributed by atoms with van der Waals surface area (Å²) in [6.45, 7) is 2.35. The quantitative estimate of drug-likeness (QED) is 0.893. The van der Waals surface area contributed by atoms with Crippen LogP contribution < -0.4 is 11.1 Å². The zero-order valence-corrected chi connectivity index (χ0v) is 13.6. The maximum Gasteiger partial charge on any atom is 0.273 e. The van der Waals surface area contributed by atoms with Gasteiger partial charge in [-0.05, 0) is 32.2 Å². The third kappa shape index (κ3) is 3.29. The molecule has 1 aliphatic carbocycles. The normalized spacial score (nSPS) is 21.3. The van der Waals surface area contributed by atoms with Crippen molar-refractivity contribution in [1.82, 2.24) is 20.1 Å². The van der Waals surface area contributed by atoms with E-state index in [-0.39, 0.29) is 11.9 Å². The standard InChI is InChI=1S/C16H23N5O2/c1-10-14(20-16(23-10)12-8-18-21(2)9-12)15(22)19-13-6-4-3-5-11(13)7-17/h8-9,11,13H,3-7,17H2,1-2H3,(H,19,22). The van der Waals surface area contributed by atoms with E-state index in [4.69, 9.17) is 10.2 Å². The summed E-state index contributed by atoms with van der Waals surface area (Å²) in [5.74, 6) is 1.09. The van der Waals surface area contributed by atoms with Crippen molar-refractivity contribution in [2.45, 2.75) is 38.6 Å². The molecule has 3 N–H and O–H groups in total. The number of nitrogens with zero attached hydrogens (tertiary/aromatic N) is 3. The molecule has 7 heteroatoms. The summed E-state index contributed by atoms with van der Waals surface area (Å²) in [4.78, 5) is 16.9. The number of rotatable bonds is 4. The molecule has 1 amide bonds. The first-order valence-corrected chi connectivity index (χ1v) is 8.06. The van der Waals surface area contributed by atoms with Crippen molar-refractivity contribution in [3.05, 3.63) is 23.8 Å². The van der Waals surface area contributed by atoms with Gasteiger partial charge in [-0.1, -0.05) is 12.8 Å². The highest BCUT2D eigenvalue weighted by atomic mass is 16.4. The minimum Gasteiger partial charge on any atom is -0.440 e. The van der Waals surface area contributed by atoms with Crippen molar-refractivity contribution in [2.24, 2.45) is 18.7 Å². The fourth-order valence-electron chi connectivity index (χ4n) is 3.18. The zero-order valence-electron chi connectivity index (χ0n) is 13.6. The van der Waals surface area contributed by atoms with Gasteiger partial charge >= 0.3 is 0 Å². The van der Waals surface area contributed by atoms with E-state index in [2.05, 4.69) is 15.4 Å². The molecular weight excluding hydrogens is 294 g/mol. The summed E-state index contributed by atoms with van der Waals surface area (Å²) < 4.78 is 7.30. The molecule has 1 fully saturated rings. The van der Waals surface area contributed by atoms with Gasteiger partial charge in [0.15, 0.2) is 5.69 Å². The molecule has 0 bridgehead atoms. The molecule has 2 heterocycles. The second-order valence-corrected chi connectivity index (χ2v) is 6.19. The van der Waals surface area contributed by atoms with Crippen LogP contribution in [0.5, 0.6) is 0 Å². The largest absolute Gasteiger partial charge is 0.440 e. The lowest BCUT2D eigenvalue weighted by Gasteiger charge is -2.31. The first kappa shape index (κ1) is 15.7. The van der Waals surface area contributed by atoms with Gasteiger partial charge in [-0.2, -0.15) is 5.10 Å². The topological polar surface area (TPSA) is 99.0 Å². The molecule has 2 aromatic heterocycles. The van der Waals surface area contributed by atoms with E-state index in [1.807, 2.05) is 7.05 Å². The number of carbonyl (C=O) groups is 1. The summed E-state index contributed by atoms with van der Waals surface area (Å²) in [7, 11) is 1.82. The number of amides is 1. The first-order chi connectivity index (χ1) is 11.1. The Kier molecular flexibility index (Phi) is 4.47. The van der Waals surface area contributed by atoms with Crippen molar-refractivity contribution in [3.8, 4) is 11.5 Å². The predicted octanol–water partition coefficient (Wildman–Crippen LogP) is 1.63. The molecule has 0 aromatic carbocycles. The summed E-state index contributed by atoms with van der Waals surface area (Å²) in [6, 6.07) is 0.124. The van der Waals surface area contributed by atoms with E-state index in [1.165, 1.54) is 6.42 Å². The Hall–Kier alpha value is -2.15. The van der Waals surface area contributed by atoms with Crippen molar-refractivity contribution in [3.63, 3.8) is 0 Å². The maximum absolute atomic E-state index is 12.5. The van der Waals surface area contributed by atoms with E-state index >= 15 is 0 Å². The summed E-state index contributed by atoms with van der Waals surface area (Å²) in [5, 5.41) is 7.18. The first-order valence-electron chi connectivity index (χ1n) is 8.06. The average molecular weight is 317 g/mol. The molecular formula is C16H23N5O2. The SMILES string of the molecule is Cc1oc(-c2cnn(C)c2)nc1C(=O)NC1CCCCC1CN. The number of oxazole rings is 1.